The topological polar surface area (TPSA) is 85.2 Å². The summed E-state index contributed by atoms with van der Waals surface area (Å²) in [7, 11) is 0. The predicted molar refractivity (Wildman–Crippen MR) is 76.9 cm³/mol. The molecule has 0 unspecified atom stereocenters. The normalized spacial score (nSPS) is 10.7. The van der Waals surface area contributed by atoms with E-state index >= 15 is 0 Å². The lowest BCUT2D eigenvalue weighted by Crippen LogP contribution is -2.19. The second-order valence-corrected chi connectivity index (χ2v) is 4.50. The Morgan fingerprint density at radius 2 is 1.74 bits per heavy atom. The molecule has 118 valence electrons. The molecule has 0 aliphatic carbocycles. The van der Waals surface area contributed by atoms with Crippen molar-refractivity contribution in [2.24, 2.45) is 0 Å². The molecule has 0 saturated carbocycles. The Balaban J connectivity index is 2.04. The Hall–Kier alpha value is -3.21. The van der Waals surface area contributed by atoms with E-state index < -0.39 is 17.8 Å². The Morgan fingerprint density at radius 3 is 2.26 bits per heavy atom. The number of alkyl halides is 3. The number of urea groups is 1. The number of anilines is 2. The van der Waals surface area contributed by atoms with Gasteiger partial charge in [-0.3, -0.25) is 0 Å². The molecule has 0 fully saturated rings. The van der Waals surface area contributed by atoms with E-state index in [-0.39, 0.29) is 22.7 Å². The summed E-state index contributed by atoms with van der Waals surface area (Å²) in [5, 5.41) is 23.0. The second kappa shape index (κ2) is 6.27. The Morgan fingerprint density at radius 1 is 1.09 bits per heavy atom. The smallest absolute Gasteiger partial charge is 0.416 e. The van der Waals surface area contributed by atoms with Crippen molar-refractivity contribution in [2.45, 2.75) is 6.18 Å². The summed E-state index contributed by atoms with van der Waals surface area (Å²) in [6.45, 7) is 0. The number of benzene rings is 2. The largest absolute Gasteiger partial charge is 0.506 e. The van der Waals surface area contributed by atoms with Crippen molar-refractivity contribution in [1.82, 2.24) is 0 Å². The Bertz CT molecular complexity index is 765. The van der Waals surface area contributed by atoms with Gasteiger partial charge in [0.2, 0.25) is 0 Å². The zero-order valence-electron chi connectivity index (χ0n) is 11.5. The molecular weight excluding hydrogens is 311 g/mol. The van der Waals surface area contributed by atoms with Crippen LogP contribution in [-0.4, -0.2) is 11.1 Å². The van der Waals surface area contributed by atoms with Gasteiger partial charge in [0.15, 0.2) is 0 Å². The van der Waals surface area contributed by atoms with Gasteiger partial charge in [0.1, 0.15) is 5.75 Å². The lowest BCUT2D eigenvalue weighted by atomic mass is 10.2. The van der Waals surface area contributed by atoms with E-state index in [4.69, 9.17) is 5.26 Å². The summed E-state index contributed by atoms with van der Waals surface area (Å²) in [5.41, 5.74) is -0.388. The lowest BCUT2D eigenvalue weighted by molar-refractivity contribution is -0.137. The van der Waals surface area contributed by atoms with Crippen LogP contribution in [0.3, 0.4) is 0 Å². The van der Waals surface area contributed by atoms with Crippen LogP contribution in [0.1, 0.15) is 11.1 Å². The number of carbonyl (C=O) groups is 1. The highest BCUT2D eigenvalue weighted by Gasteiger charge is 2.29. The molecule has 2 aromatic rings. The van der Waals surface area contributed by atoms with E-state index in [2.05, 4.69) is 10.6 Å². The predicted octanol–water partition coefficient (Wildman–Crippen LogP) is 3.93. The summed E-state index contributed by atoms with van der Waals surface area (Å²) in [5.74, 6) is -0.299. The van der Waals surface area contributed by atoms with Gasteiger partial charge in [-0.05, 0) is 42.5 Å². The fourth-order valence-corrected chi connectivity index (χ4v) is 1.73. The molecule has 23 heavy (non-hydrogen) atoms. The standard InChI is InChI=1S/C15H10F3N3O2/c16-15(17,18)10-2-4-11(5-3-10)20-14(23)21-12-6-1-9(8-19)7-13(12)22/h1-7,22H,(H2,20,21,23). The molecule has 0 aromatic heterocycles. The number of aromatic hydroxyl groups is 1. The summed E-state index contributed by atoms with van der Waals surface area (Å²) in [6.07, 6.45) is -4.45. The minimum Gasteiger partial charge on any atom is -0.506 e. The van der Waals surface area contributed by atoms with Crippen molar-refractivity contribution in [3.05, 3.63) is 53.6 Å². The maximum absolute atomic E-state index is 12.4. The molecule has 0 aliphatic rings. The number of nitrogens with zero attached hydrogens (tertiary/aromatic N) is 1. The van der Waals surface area contributed by atoms with E-state index in [1.807, 2.05) is 6.07 Å². The first-order valence-corrected chi connectivity index (χ1v) is 6.28. The van der Waals surface area contributed by atoms with Crippen LogP contribution in [0, 0.1) is 11.3 Å². The van der Waals surface area contributed by atoms with Crippen LogP contribution in [0.2, 0.25) is 0 Å². The first-order chi connectivity index (χ1) is 10.8. The second-order valence-electron chi connectivity index (χ2n) is 4.50. The third-order valence-corrected chi connectivity index (χ3v) is 2.85. The maximum Gasteiger partial charge on any atom is 0.416 e. The quantitative estimate of drug-likeness (QED) is 0.733. The van der Waals surface area contributed by atoms with Crippen LogP contribution in [0.5, 0.6) is 5.75 Å². The van der Waals surface area contributed by atoms with Gasteiger partial charge in [-0.2, -0.15) is 18.4 Å². The molecule has 2 amide bonds. The highest BCUT2D eigenvalue weighted by Crippen LogP contribution is 2.30. The number of nitrogens with one attached hydrogen (secondary N) is 2. The highest BCUT2D eigenvalue weighted by atomic mass is 19.4. The molecule has 0 aliphatic heterocycles. The van der Waals surface area contributed by atoms with Gasteiger partial charge in [-0.15, -0.1) is 0 Å². The average Bonchev–Trinajstić information content (AvgIpc) is 2.49. The number of amides is 2. The number of nitriles is 1. The lowest BCUT2D eigenvalue weighted by Gasteiger charge is -2.10. The molecule has 0 bridgehead atoms. The van der Waals surface area contributed by atoms with Crippen LogP contribution in [0.4, 0.5) is 29.3 Å². The van der Waals surface area contributed by atoms with Gasteiger partial charge in [-0.25, -0.2) is 4.79 Å². The Kier molecular flexibility index (Phi) is 4.41. The monoisotopic (exact) mass is 321 g/mol. The van der Waals surface area contributed by atoms with Crippen molar-refractivity contribution in [3.63, 3.8) is 0 Å². The number of halogens is 3. The minimum atomic E-state index is -4.45. The maximum atomic E-state index is 12.4. The summed E-state index contributed by atoms with van der Waals surface area (Å²) in [4.78, 5) is 11.7. The average molecular weight is 321 g/mol. The third kappa shape index (κ3) is 4.14. The molecule has 8 heteroatoms. The third-order valence-electron chi connectivity index (χ3n) is 2.85. The van der Waals surface area contributed by atoms with Crippen LogP contribution in [-0.2, 0) is 6.18 Å². The first kappa shape index (κ1) is 16.2. The van der Waals surface area contributed by atoms with Gasteiger partial charge < -0.3 is 15.7 Å². The van der Waals surface area contributed by atoms with Crippen LogP contribution in [0.25, 0.3) is 0 Å². The van der Waals surface area contributed by atoms with Crippen molar-refractivity contribution in [1.29, 1.82) is 5.26 Å². The molecule has 5 nitrogen and oxygen atoms in total. The molecule has 2 rings (SSSR count). The van der Waals surface area contributed by atoms with Crippen molar-refractivity contribution in [2.75, 3.05) is 10.6 Å². The minimum absolute atomic E-state index is 0.0633. The molecule has 2 aromatic carbocycles. The van der Waals surface area contributed by atoms with E-state index in [1.54, 1.807) is 0 Å². The molecule has 0 spiro atoms. The fourth-order valence-electron chi connectivity index (χ4n) is 1.73. The van der Waals surface area contributed by atoms with Crippen molar-refractivity contribution >= 4 is 17.4 Å². The van der Waals surface area contributed by atoms with Crippen LogP contribution < -0.4 is 10.6 Å². The van der Waals surface area contributed by atoms with Gasteiger partial charge in [0, 0.05) is 5.69 Å². The fraction of sp³-hybridized carbons (Fsp3) is 0.0667. The van der Waals surface area contributed by atoms with Crippen molar-refractivity contribution in [3.8, 4) is 11.8 Å². The number of hydrogen-bond acceptors (Lipinski definition) is 3. The first-order valence-electron chi connectivity index (χ1n) is 6.28. The highest BCUT2D eigenvalue weighted by molar-refractivity contribution is 6.00. The number of phenolic OH excluding ortho intramolecular Hbond substituents is 1. The van der Waals surface area contributed by atoms with E-state index in [9.17, 15) is 23.1 Å². The van der Waals surface area contributed by atoms with E-state index in [0.29, 0.717) is 0 Å². The van der Waals surface area contributed by atoms with Crippen LogP contribution >= 0.6 is 0 Å². The number of hydrogen-bond donors (Lipinski definition) is 3. The molecule has 3 N–H and O–H groups in total. The zero-order chi connectivity index (χ0) is 17.0. The van der Waals surface area contributed by atoms with Gasteiger partial charge in [0.05, 0.1) is 22.9 Å². The zero-order valence-corrected chi connectivity index (χ0v) is 11.5. The van der Waals surface area contributed by atoms with E-state index in [1.165, 1.54) is 18.2 Å². The van der Waals surface area contributed by atoms with Gasteiger partial charge in [-0.1, -0.05) is 0 Å². The number of rotatable bonds is 2. The molecule has 0 saturated heterocycles. The molecule has 0 atom stereocenters. The van der Waals surface area contributed by atoms with Gasteiger partial charge >= 0.3 is 12.2 Å². The number of phenols is 1. The van der Waals surface area contributed by atoms with Gasteiger partial charge in [0.25, 0.3) is 0 Å². The van der Waals surface area contributed by atoms with Crippen molar-refractivity contribution < 1.29 is 23.1 Å². The summed E-state index contributed by atoms with van der Waals surface area (Å²) >= 11 is 0. The molecule has 0 heterocycles. The number of carbonyl (C=O) groups excluding carboxylic acids is 1. The Labute approximate surface area is 129 Å². The van der Waals surface area contributed by atoms with E-state index in [0.717, 1.165) is 24.3 Å². The molecular formula is C15H10F3N3O2. The molecule has 0 radical (unpaired) electrons. The SMILES string of the molecule is N#Cc1ccc(NC(=O)Nc2ccc(C(F)(F)F)cc2)c(O)c1. The van der Waals surface area contributed by atoms with Crippen LogP contribution in [0.15, 0.2) is 42.5 Å². The summed E-state index contributed by atoms with van der Waals surface area (Å²) in [6, 6.07) is 8.89. The summed E-state index contributed by atoms with van der Waals surface area (Å²) < 4.78 is 37.3.